The monoisotopic (exact) mass is 509 g/mol. The first-order valence-electron chi connectivity index (χ1n) is 10.7. The zero-order chi connectivity index (χ0) is 22.1. The lowest BCUT2D eigenvalue weighted by atomic mass is 10.1. The topological polar surface area (TPSA) is 64.1 Å². The molecule has 0 N–H and O–H groups in total. The van der Waals surface area contributed by atoms with Gasteiger partial charge in [0.1, 0.15) is 13.2 Å². The summed E-state index contributed by atoms with van der Waals surface area (Å²) < 4.78 is 17.6. The molecule has 0 unspecified atom stereocenters. The zero-order valence-electron chi connectivity index (χ0n) is 18.2. The molecule has 176 valence electrons. The van der Waals surface area contributed by atoms with Gasteiger partial charge in [-0.05, 0) is 36.8 Å². The molecule has 5 rings (SSSR count). The second kappa shape index (κ2) is 10.4. The zero-order valence-corrected chi connectivity index (χ0v) is 20.6. The summed E-state index contributed by atoms with van der Waals surface area (Å²) in [5, 5.41) is 1.29. The van der Waals surface area contributed by atoms with Crippen molar-refractivity contribution in [3.05, 3.63) is 46.5 Å². The number of thiazole rings is 1. The fourth-order valence-electron chi connectivity index (χ4n) is 3.89. The summed E-state index contributed by atoms with van der Waals surface area (Å²) in [6.07, 6.45) is 0. The molecule has 2 aliphatic rings. The first-order chi connectivity index (χ1) is 15.6. The number of benzene rings is 2. The molecule has 3 heterocycles. The Morgan fingerprint density at radius 1 is 1.12 bits per heavy atom. The van der Waals surface area contributed by atoms with Gasteiger partial charge in [0.25, 0.3) is 5.91 Å². The number of carbonyl (C=O) groups is 1. The fraction of sp³-hybridized carbons (Fsp3) is 0.391. The van der Waals surface area contributed by atoms with E-state index in [0.717, 1.165) is 35.4 Å². The number of hydrogen-bond acceptors (Lipinski definition) is 7. The summed E-state index contributed by atoms with van der Waals surface area (Å²) >= 11 is 7.88. The van der Waals surface area contributed by atoms with Crippen LogP contribution in [-0.4, -0.2) is 68.4 Å². The fourth-order valence-corrected chi connectivity index (χ4v) is 5.23. The van der Waals surface area contributed by atoms with Crippen molar-refractivity contribution < 1.29 is 19.0 Å². The number of morpholine rings is 1. The molecule has 7 nitrogen and oxygen atoms in total. The lowest BCUT2D eigenvalue weighted by Crippen LogP contribution is -2.43. The molecule has 0 saturated carbocycles. The second-order valence-electron chi connectivity index (χ2n) is 7.81. The third kappa shape index (κ3) is 5.05. The molecule has 0 atom stereocenters. The third-order valence-corrected chi connectivity index (χ3v) is 7.23. The maximum Gasteiger partial charge on any atom is 0.260 e. The van der Waals surface area contributed by atoms with Gasteiger partial charge in [0, 0.05) is 31.7 Å². The van der Waals surface area contributed by atoms with Crippen molar-refractivity contribution in [2.75, 3.05) is 57.5 Å². The molecule has 1 saturated heterocycles. The SMILES string of the molecule is Cc1ccc(Cl)c2sc(N(CCN3CCOCC3)C(=O)c3ccc4c(c3)OCCO4)nc12.Cl. The van der Waals surface area contributed by atoms with Crippen LogP contribution in [0.25, 0.3) is 10.2 Å². The average molecular weight is 510 g/mol. The summed E-state index contributed by atoms with van der Waals surface area (Å²) in [6.45, 7) is 7.39. The minimum Gasteiger partial charge on any atom is -0.486 e. The Bertz CT molecular complexity index is 1110. The van der Waals surface area contributed by atoms with Crippen molar-refractivity contribution in [2.45, 2.75) is 6.92 Å². The highest BCUT2D eigenvalue weighted by atomic mass is 35.5. The minimum absolute atomic E-state index is 0. The lowest BCUT2D eigenvalue weighted by Gasteiger charge is -2.29. The normalized spacial score (nSPS) is 15.8. The van der Waals surface area contributed by atoms with Crippen LogP contribution < -0.4 is 14.4 Å². The minimum atomic E-state index is -0.122. The quantitative estimate of drug-likeness (QED) is 0.506. The van der Waals surface area contributed by atoms with Crippen LogP contribution in [0.2, 0.25) is 5.02 Å². The summed E-state index contributed by atoms with van der Waals surface area (Å²) in [4.78, 5) is 22.5. The molecule has 0 spiro atoms. The highest BCUT2D eigenvalue weighted by Crippen LogP contribution is 2.37. The van der Waals surface area contributed by atoms with Crippen LogP contribution in [0.15, 0.2) is 30.3 Å². The van der Waals surface area contributed by atoms with Crippen molar-refractivity contribution in [3.63, 3.8) is 0 Å². The van der Waals surface area contributed by atoms with E-state index < -0.39 is 0 Å². The summed E-state index contributed by atoms with van der Waals surface area (Å²) in [7, 11) is 0. The van der Waals surface area contributed by atoms with Gasteiger partial charge in [-0.2, -0.15) is 0 Å². The number of hydrogen-bond donors (Lipinski definition) is 0. The first kappa shape index (κ1) is 24.0. The number of ether oxygens (including phenoxy) is 3. The highest BCUT2D eigenvalue weighted by Gasteiger charge is 2.25. The van der Waals surface area contributed by atoms with Gasteiger partial charge >= 0.3 is 0 Å². The molecule has 2 aromatic carbocycles. The third-order valence-electron chi connectivity index (χ3n) is 5.69. The van der Waals surface area contributed by atoms with Crippen molar-refractivity contribution in [1.82, 2.24) is 9.88 Å². The molecule has 1 aromatic heterocycles. The van der Waals surface area contributed by atoms with Crippen LogP contribution in [0, 0.1) is 6.92 Å². The standard InChI is InChI=1S/C23H24ClN3O4S.ClH/c1-15-2-4-17(24)21-20(15)25-23(32-21)27(7-6-26-8-10-29-11-9-26)22(28)16-3-5-18-19(14-16)31-13-12-30-18;/h2-5,14H,6-13H2,1H3;1H. The van der Waals surface area contributed by atoms with E-state index in [1.165, 1.54) is 11.3 Å². The van der Waals surface area contributed by atoms with Crippen LogP contribution >= 0.6 is 35.3 Å². The van der Waals surface area contributed by atoms with Crippen LogP contribution in [-0.2, 0) is 4.74 Å². The maximum absolute atomic E-state index is 13.7. The van der Waals surface area contributed by atoms with Crippen LogP contribution in [0.4, 0.5) is 5.13 Å². The van der Waals surface area contributed by atoms with E-state index in [9.17, 15) is 4.79 Å². The van der Waals surface area contributed by atoms with E-state index in [1.807, 2.05) is 19.1 Å². The number of fused-ring (bicyclic) bond motifs is 2. The Labute approximate surface area is 207 Å². The Balaban J connectivity index is 0.00000259. The van der Waals surface area contributed by atoms with Gasteiger partial charge in [0.05, 0.1) is 28.5 Å². The number of amides is 1. The number of carbonyl (C=O) groups excluding carboxylic acids is 1. The van der Waals surface area contributed by atoms with Gasteiger partial charge in [-0.25, -0.2) is 4.98 Å². The van der Waals surface area contributed by atoms with E-state index >= 15 is 0 Å². The Kier molecular flexibility index (Phi) is 7.61. The molecule has 1 amide bonds. The Morgan fingerprint density at radius 3 is 2.64 bits per heavy atom. The highest BCUT2D eigenvalue weighted by molar-refractivity contribution is 7.23. The predicted octanol–water partition coefficient (Wildman–Crippen LogP) is 4.43. The Hall–Kier alpha value is -2.10. The van der Waals surface area contributed by atoms with Gasteiger partial charge in [0.2, 0.25) is 0 Å². The molecule has 2 aliphatic heterocycles. The second-order valence-corrected chi connectivity index (χ2v) is 9.19. The molecule has 3 aromatic rings. The van der Waals surface area contributed by atoms with Gasteiger partial charge in [-0.15, -0.1) is 12.4 Å². The molecule has 33 heavy (non-hydrogen) atoms. The molecular weight excluding hydrogens is 485 g/mol. The lowest BCUT2D eigenvalue weighted by molar-refractivity contribution is 0.0391. The molecule has 0 radical (unpaired) electrons. The largest absolute Gasteiger partial charge is 0.486 e. The molecule has 1 fully saturated rings. The predicted molar refractivity (Wildman–Crippen MR) is 133 cm³/mol. The van der Waals surface area contributed by atoms with Crippen molar-refractivity contribution in [1.29, 1.82) is 0 Å². The number of rotatable bonds is 5. The van der Waals surface area contributed by atoms with Crippen molar-refractivity contribution in [2.24, 2.45) is 0 Å². The van der Waals surface area contributed by atoms with Crippen molar-refractivity contribution >= 4 is 56.6 Å². The van der Waals surface area contributed by atoms with E-state index in [4.69, 9.17) is 30.8 Å². The van der Waals surface area contributed by atoms with Gasteiger partial charge < -0.3 is 14.2 Å². The molecule has 0 bridgehead atoms. The molecular formula is C23H25Cl2N3O4S. The first-order valence-corrected chi connectivity index (χ1v) is 11.9. The number of aromatic nitrogens is 1. The molecule has 10 heteroatoms. The van der Waals surface area contributed by atoms with Gasteiger partial charge in [0.15, 0.2) is 16.6 Å². The van der Waals surface area contributed by atoms with Crippen LogP contribution in [0.1, 0.15) is 15.9 Å². The summed E-state index contributed by atoms with van der Waals surface area (Å²) in [6, 6.07) is 9.16. The van der Waals surface area contributed by atoms with Gasteiger partial charge in [-0.1, -0.05) is 29.0 Å². The van der Waals surface area contributed by atoms with E-state index in [1.54, 1.807) is 23.1 Å². The summed E-state index contributed by atoms with van der Waals surface area (Å²) in [5.74, 6) is 1.14. The number of nitrogens with zero attached hydrogens (tertiary/aromatic N) is 3. The number of halogens is 2. The average Bonchev–Trinajstić information content (AvgIpc) is 3.28. The Morgan fingerprint density at radius 2 is 1.88 bits per heavy atom. The van der Waals surface area contributed by atoms with E-state index in [0.29, 0.717) is 60.2 Å². The van der Waals surface area contributed by atoms with Crippen LogP contribution in [0.3, 0.4) is 0 Å². The van der Waals surface area contributed by atoms with E-state index in [-0.39, 0.29) is 18.3 Å². The molecule has 0 aliphatic carbocycles. The van der Waals surface area contributed by atoms with E-state index in [2.05, 4.69) is 4.90 Å². The number of aryl methyl sites for hydroxylation is 1. The smallest absolute Gasteiger partial charge is 0.260 e. The van der Waals surface area contributed by atoms with Crippen molar-refractivity contribution in [3.8, 4) is 11.5 Å². The summed E-state index contributed by atoms with van der Waals surface area (Å²) in [5.41, 5.74) is 2.41. The van der Waals surface area contributed by atoms with Crippen LogP contribution in [0.5, 0.6) is 11.5 Å². The maximum atomic E-state index is 13.7. The number of anilines is 1. The van der Waals surface area contributed by atoms with Gasteiger partial charge in [-0.3, -0.25) is 14.6 Å².